The van der Waals surface area contributed by atoms with E-state index in [4.69, 9.17) is 0 Å². The lowest BCUT2D eigenvalue weighted by atomic mass is 9.93. The van der Waals surface area contributed by atoms with Crippen LogP contribution >= 0.6 is 0 Å². The number of benzene rings is 2. The fraction of sp³-hybridized carbons (Fsp3) is 0.533. The summed E-state index contributed by atoms with van der Waals surface area (Å²) in [5.41, 5.74) is 2.16. The average molecular weight is 544 g/mol. The second-order valence-corrected chi connectivity index (χ2v) is 11.1. The van der Waals surface area contributed by atoms with E-state index >= 15 is 0 Å². The Kier molecular flexibility index (Phi) is 8.16. The number of ether oxygens (including phenoxy) is 1. The number of rotatable bonds is 6. The molecule has 9 heteroatoms. The van der Waals surface area contributed by atoms with Crippen LogP contribution in [0.4, 0.5) is 13.2 Å². The molecule has 39 heavy (non-hydrogen) atoms. The van der Waals surface area contributed by atoms with Gasteiger partial charge in [0.05, 0.1) is 0 Å². The summed E-state index contributed by atoms with van der Waals surface area (Å²) >= 11 is 0. The van der Waals surface area contributed by atoms with E-state index < -0.39 is 6.36 Å². The van der Waals surface area contributed by atoms with Gasteiger partial charge in [0, 0.05) is 50.2 Å². The van der Waals surface area contributed by atoms with Crippen molar-refractivity contribution in [3.8, 4) is 16.9 Å². The van der Waals surface area contributed by atoms with Crippen molar-refractivity contribution < 1.29 is 27.5 Å². The van der Waals surface area contributed by atoms with Crippen LogP contribution in [0.3, 0.4) is 0 Å². The molecule has 2 amide bonds. The van der Waals surface area contributed by atoms with E-state index in [1.54, 1.807) is 36.4 Å². The van der Waals surface area contributed by atoms with Crippen molar-refractivity contribution in [2.24, 2.45) is 5.92 Å². The Bertz CT molecular complexity index is 1170. The highest BCUT2D eigenvalue weighted by atomic mass is 19.4. The van der Waals surface area contributed by atoms with Crippen LogP contribution in [-0.2, 0) is 11.2 Å². The number of hydrogen-bond donors (Lipinski definition) is 0. The van der Waals surface area contributed by atoms with Gasteiger partial charge in [-0.3, -0.25) is 9.59 Å². The highest BCUT2D eigenvalue weighted by Gasteiger charge is 2.38. The molecule has 0 N–H and O–H groups in total. The number of carbonyl (C=O) groups is 2. The summed E-state index contributed by atoms with van der Waals surface area (Å²) < 4.78 is 44.5. The summed E-state index contributed by atoms with van der Waals surface area (Å²) in [5.74, 6) is -0.617. The number of hydrogen-bond acceptors (Lipinski definition) is 4. The number of likely N-dealkylation sites (N-methyl/N-ethyl adjacent to an activating group) is 1. The summed E-state index contributed by atoms with van der Waals surface area (Å²) in [6.45, 7) is 3.64. The van der Waals surface area contributed by atoms with Crippen LogP contribution < -0.4 is 4.74 Å². The zero-order chi connectivity index (χ0) is 27.6. The minimum atomic E-state index is -4.85. The number of amides is 2. The standard InChI is InChI=1S/C30H36F3N3O3/c1-34-15-17-35(18-16-34)28(37)22-9-7-21(8-10-22)23-11-12-24(27(20-23)39-30(31,32)33)19-25-13-14-36(29(25)38)26-5-3-2-4-6-26/h7-12,20,25-26H,2-6,13-19H2,1H3. The molecule has 5 rings (SSSR count). The number of piperazine rings is 1. The fourth-order valence-corrected chi connectivity index (χ4v) is 6.09. The lowest BCUT2D eigenvalue weighted by molar-refractivity contribution is -0.274. The van der Waals surface area contributed by atoms with Crippen molar-refractivity contribution in [3.05, 3.63) is 53.6 Å². The number of nitrogens with zero attached hydrogens (tertiary/aromatic N) is 3. The Labute approximate surface area is 227 Å². The molecule has 3 aliphatic rings. The molecule has 3 fully saturated rings. The highest BCUT2D eigenvalue weighted by molar-refractivity contribution is 5.94. The Balaban J connectivity index is 1.31. The van der Waals surface area contributed by atoms with Crippen LogP contribution in [0.1, 0.15) is 54.4 Å². The van der Waals surface area contributed by atoms with Crippen LogP contribution in [0, 0.1) is 5.92 Å². The smallest absolute Gasteiger partial charge is 0.405 e. The fourth-order valence-electron chi connectivity index (χ4n) is 6.09. The van der Waals surface area contributed by atoms with E-state index in [0.717, 1.165) is 38.8 Å². The van der Waals surface area contributed by atoms with Gasteiger partial charge in [0.25, 0.3) is 5.91 Å². The molecule has 2 aromatic rings. The van der Waals surface area contributed by atoms with Crippen molar-refractivity contribution in [2.75, 3.05) is 39.8 Å². The van der Waals surface area contributed by atoms with E-state index in [1.165, 1.54) is 12.5 Å². The van der Waals surface area contributed by atoms with E-state index in [0.29, 0.717) is 48.3 Å². The second-order valence-electron chi connectivity index (χ2n) is 11.1. The number of likely N-dealkylation sites (tertiary alicyclic amines) is 1. The minimum Gasteiger partial charge on any atom is -0.405 e. The molecule has 0 aromatic heterocycles. The van der Waals surface area contributed by atoms with Crippen LogP contribution in [-0.4, -0.2) is 78.7 Å². The first-order valence-electron chi connectivity index (χ1n) is 14.0. The van der Waals surface area contributed by atoms with Gasteiger partial charge in [-0.15, -0.1) is 13.2 Å². The third-order valence-corrected chi connectivity index (χ3v) is 8.38. The number of carbonyl (C=O) groups excluding carboxylic acids is 2. The predicted molar refractivity (Wildman–Crippen MR) is 142 cm³/mol. The Morgan fingerprint density at radius 3 is 2.23 bits per heavy atom. The van der Waals surface area contributed by atoms with Gasteiger partial charge in [-0.25, -0.2) is 0 Å². The molecule has 1 saturated carbocycles. The topological polar surface area (TPSA) is 53.1 Å². The van der Waals surface area contributed by atoms with Gasteiger partial charge in [-0.1, -0.05) is 43.5 Å². The predicted octanol–water partition coefficient (Wildman–Crippen LogP) is 5.36. The highest BCUT2D eigenvalue weighted by Crippen LogP contribution is 2.36. The molecule has 210 valence electrons. The lowest BCUT2D eigenvalue weighted by Gasteiger charge is -2.32. The van der Waals surface area contributed by atoms with Gasteiger partial charge < -0.3 is 19.4 Å². The van der Waals surface area contributed by atoms with Crippen LogP contribution in [0.25, 0.3) is 11.1 Å². The molecular formula is C30H36F3N3O3. The van der Waals surface area contributed by atoms with Crippen LogP contribution in [0.2, 0.25) is 0 Å². The van der Waals surface area contributed by atoms with Crippen molar-refractivity contribution in [1.29, 1.82) is 0 Å². The number of halogens is 3. The van der Waals surface area contributed by atoms with E-state index in [1.807, 2.05) is 16.8 Å². The van der Waals surface area contributed by atoms with Crippen molar-refractivity contribution in [3.63, 3.8) is 0 Å². The SMILES string of the molecule is CN1CCN(C(=O)c2ccc(-c3ccc(CC4CCN(C5CCCCC5)C4=O)c(OC(F)(F)F)c3)cc2)CC1. The molecule has 2 heterocycles. The average Bonchev–Trinajstić information content (AvgIpc) is 3.29. The van der Waals surface area contributed by atoms with Crippen LogP contribution in [0.15, 0.2) is 42.5 Å². The maximum atomic E-state index is 13.4. The Morgan fingerprint density at radius 1 is 0.897 bits per heavy atom. The molecule has 0 radical (unpaired) electrons. The summed E-state index contributed by atoms with van der Waals surface area (Å²) in [7, 11) is 2.02. The second kappa shape index (κ2) is 11.6. The first-order chi connectivity index (χ1) is 18.7. The molecule has 1 unspecified atom stereocenters. The first kappa shape index (κ1) is 27.5. The normalized spacial score (nSPS) is 21.4. The summed E-state index contributed by atoms with van der Waals surface area (Å²) in [6.07, 6.45) is 1.47. The molecule has 6 nitrogen and oxygen atoms in total. The lowest BCUT2D eigenvalue weighted by Crippen LogP contribution is -2.47. The summed E-state index contributed by atoms with van der Waals surface area (Å²) in [6, 6.07) is 12.0. The third kappa shape index (κ3) is 6.57. The van der Waals surface area contributed by atoms with Gasteiger partial charge in [-0.2, -0.15) is 0 Å². The molecule has 0 bridgehead atoms. The number of alkyl halides is 3. The van der Waals surface area contributed by atoms with Gasteiger partial charge in [-0.05, 0) is 67.6 Å². The molecule has 1 aliphatic carbocycles. The molecule has 2 saturated heterocycles. The zero-order valence-corrected chi connectivity index (χ0v) is 22.4. The summed E-state index contributed by atoms with van der Waals surface area (Å²) in [4.78, 5) is 31.9. The monoisotopic (exact) mass is 543 g/mol. The molecule has 1 atom stereocenters. The zero-order valence-electron chi connectivity index (χ0n) is 22.4. The maximum absolute atomic E-state index is 13.4. The van der Waals surface area contributed by atoms with Gasteiger partial charge >= 0.3 is 6.36 Å². The van der Waals surface area contributed by atoms with E-state index in [2.05, 4.69) is 9.64 Å². The summed E-state index contributed by atoms with van der Waals surface area (Å²) in [5, 5.41) is 0. The molecule has 2 aromatic carbocycles. The maximum Gasteiger partial charge on any atom is 0.573 e. The molecule has 0 spiro atoms. The van der Waals surface area contributed by atoms with Crippen molar-refractivity contribution in [1.82, 2.24) is 14.7 Å². The van der Waals surface area contributed by atoms with Crippen molar-refractivity contribution in [2.45, 2.75) is 57.3 Å². The minimum absolute atomic E-state index is 0.0459. The van der Waals surface area contributed by atoms with Gasteiger partial charge in [0.15, 0.2) is 0 Å². The third-order valence-electron chi connectivity index (χ3n) is 8.38. The van der Waals surface area contributed by atoms with Crippen molar-refractivity contribution >= 4 is 11.8 Å². The molecular weight excluding hydrogens is 507 g/mol. The molecule has 2 aliphatic heterocycles. The van der Waals surface area contributed by atoms with Crippen LogP contribution in [0.5, 0.6) is 5.75 Å². The Morgan fingerprint density at radius 2 is 1.56 bits per heavy atom. The first-order valence-corrected chi connectivity index (χ1v) is 14.0. The quantitative estimate of drug-likeness (QED) is 0.492. The van der Waals surface area contributed by atoms with E-state index in [9.17, 15) is 22.8 Å². The largest absolute Gasteiger partial charge is 0.573 e. The van der Waals surface area contributed by atoms with Gasteiger partial charge in [0.1, 0.15) is 5.75 Å². The van der Waals surface area contributed by atoms with E-state index in [-0.39, 0.29) is 35.9 Å². The van der Waals surface area contributed by atoms with Gasteiger partial charge in [0.2, 0.25) is 5.91 Å². The Hall–Kier alpha value is -3.07.